The Morgan fingerprint density at radius 3 is 1.48 bits per heavy atom. The van der Waals surface area contributed by atoms with Gasteiger partial charge in [0.1, 0.15) is 0 Å². The highest BCUT2D eigenvalue weighted by Crippen LogP contribution is 2.37. The zero-order valence-electron chi connectivity index (χ0n) is 13.7. The molecular weight excluding hydrogens is 264 g/mol. The molecule has 0 bridgehead atoms. The summed E-state index contributed by atoms with van der Waals surface area (Å²) < 4.78 is 0. The Morgan fingerprint density at radius 2 is 1.19 bits per heavy atom. The van der Waals surface area contributed by atoms with Crippen LogP contribution in [-0.2, 0) is 0 Å². The lowest BCUT2D eigenvalue weighted by molar-refractivity contribution is 0.0655. The summed E-state index contributed by atoms with van der Waals surface area (Å²) in [5.74, 6) is 2.66. The van der Waals surface area contributed by atoms with Crippen molar-refractivity contribution in [3.63, 3.8) is 0 Å². The number of piperidine rings is 2. The van der Waals surface area contributed by atoms with Crippen LogP contribution in [0.15, 0.2) is 0 Å². The van der Waals surface area contributed by atoms with Crippen LogP contribution in [0.5, 0.6) is 0 Å². The number of hydrogen-bond acceptors (Lipinski definition) is 4. The quantitative estimate of drug-likeness (QED) is 0.746. The van der Waals surface area contributed by atoms with Crippen LogP contribution in [0.4, 0.5) is 0 Å². The van der Waals surface area contributed by atoms with Gasteiger partial charge in [0.05, 0.1) is 13.2 Å². The molecule has 2 aliphatic rings. The average molecular weight is 298 g/mol. The van der Waals surface area contributed by atoms with E-state index < -0.39 is 0 Å². The van der Waals surface area contributed by atoms with Crippen molar-refractivity contribution in [1.82, 2.24) is 9.80 Å². The van der Waals surface area contributed by atoms with Crippen LogP contribution >= 0.6 is 0 Å². The molecule has 2 saturated heterocycles. The third-order valence-electron chi connectivity index (χ3n) is 5.78. The fourth-order valence-corrected chi connectivity index (χ4v) is 4.54. The van der Waals surface area contributed by atoms with Gasteiger partial charge < -0.3 is 20.0 Å². The zero-order valence-corrected chi connectivity index (χ0v) is 13.7. The van der Waals surface area contributed by atoms with Gasteiger partial charge in [0.25, 0.3) is 0 Å². The molecule has 4 nitrogen and oxygen atoms in total. The summed E-state index contributed by atoms with van der Waals surface area (Å²) in [5.41, 5.74) is 0. The molecule has 4 heteroatoms. The van der Waals surface area contributed by atoms with Gasteiger partial charge >= 0.3 is 0 Å². The highest BCUT2D eigenvalue weighted by atomic mass is 16.3. The number of likely N-dealkylation sites (tertiary alicyclic amines) is 2. The molecule has 0 atom stereocenters. The van der Waals surface area contributed by atoms with Crippen LogP contribution in [0.2, 0.25) is 0 Å². The van der Waals surface area contributed by atoms with Gasteiger partial charge in [-0.05, 0) is 69.6 Å². The lowest BCUT2D eigenvalue weighted by Crippen LogP contribution is -2.42. The zero-order chi connectivity index (χ0) is 15.1. The lowest BCUT2D eigenvalue weighted by Gasteiger charge is -2.42. The Bertz CT molecular complexity index is 246. The van der Waals surface area contributed by atoms with Crippen molar-refractivity contribution in [3.8, 4) is 0 Å². The predicted molar refractivity (Wildman–Crippen MR) is 86.3 cm³/mol. The molecule has 2 rings (SSSR count). The van der Waals surface area contributed by atoms with Crippen molar-refractivity contribution >= 4 is 0 Å². The molecule has 0 aromatic rings. The van der Waals surface area contributed by atoms with Crippen molar-refractivity contribution in [1.29, 1.82) is 0 Å². The third-order valence-corrected chi connectivity index (χ3v) is 5.78. The largest absolute Gasteiger partial charge is 0.395 e. The molecular formula is C17H34N2O2. The summed E-state index contributed by atoms with van der Waals surface area (Å²) in [6.07, 6.45) is 6.57. The van der Waals surface area contributed by atoms with E-state index in [1.54, 1.807) is 0 Å². The molecule has 2 aliphatic heterocycles. The van der Waals surface area contributed by atoms with Gasteiger partial charge in [0.15, 0.2) is 0 Å². The number of aliphatic hydroxyl groups is 2. The first-order valence-electron chi connectivity index (χ1n) is 8.94. The van der Waals surface area contributed by atoms with Crippen LogP contribution in [-0.4, -0.2) is 72.5 Å². The van der Waals surface area contributed by atoms with Gasteiger partial charge in [-0.1, -0.05) is 13.3 Å². The molecule has 2 fully saturated rings. The first-order valence-corrected chi connectivity index (χ1v) is 8.94. The molecule has 124 valence electrons. The fraction of sp³-hybridized carbons (Fsp3) is 1.00. The standard InChI is InChI=1S/C17H34N2O2/c1-2-17(15-3-7-18(8-4-15)11-13-20)16-5-9-19(10-6-16)12-14-21/h15-17,20-21H,2-14H2,1H3. The summed E-state index contributed by atoms with van der Waals surface area (Å²) in [7, 11) is 0. The Morgan fingerprint density at radius 1 is 0.810 bits per heavy atom. The summed E-state index contributed by atoms with van der Waals surface area (Å²) in [6, 6.07) is 0. The maximum absolute atomic E-state index is 9.05. The topological polar surface area (TPSA) is 46.9 Å². The molecule has 0 aliphatic carbocycles. The van der Waals surface area contributed by atoms with Gasteiger partial charge in [-0.25, -0.2) is 0 Å². The number of hydrogen-bond donors (Lipinski definition) is 2. The third kappa shape index (κ3) is 4.92. The number of aliphatic hydroxyl groups excluding tert-OH is 2. The van der Waals surface area contributed by atoms with E-state index in [0.717, 1.165) is 30.8 Å². The van der Waals surface area contributed by atoms with E-state index in [9.17, 15) is 0 Å². The lowest BCUT2D eigenvalue weighted by atomic mass is 9.72. The minimum absolute atomic E-state index is 0.297. The second kappa shape index (κ2) is 9.09. The Kier molecular flexibility index (Phi) is 7.44. The number of nitrogens with zero attached hydrogens (tertiary/aromatic N) is 2. The van der Waals surface area contributed by atoms with Gasteiger partial charge in [-0.2, -0.15) is 0 Å². The van der Waals surface area contributed by atoms with Crippen molar-refractivity contribution < 1.29 is 10.2 Å². The molecule has 0 spiro atoms. The van der Waals surface area contributed by atoms with Gasteiger partial charge in [-0.3, -0.25) is 0 Å². The Hall–Kier alpha value is -0.160. The smallest absolute Gasteiger partial charge is 0.0558 e. The second-order valence-electron chi connectivity index (χ2n) is 6.88. The van der Waals surface area contributed by atoms with Crippen molar-refractivity contribution in [2.45, 2.75) is 39.0 Å². The average Bonchev–Trinajstić information content (AvgIpc) is 2.52. The molecule has 0 radical (unpaired) electrons. The summed E-state index contributed by atoms with van der Waals surface area (Å²) in [6.45, 7) is 9.35. The van der Waals surface area contributed by atoms with Crippen LogP contribution in [0.25, 0.3) is 0 Å². The van der Waals surface area contributed by atoms with Crippen LogP contribution < -0.4 is 0 Å². The summed E-state index contributed by atoms with van der Waals surface area (Å²) >= 11 is 0. The van der Waals surface area contributed by atoms with Crippen LogP contribution in [0.3, 0.4) is 0 Å². The van der Waals surface area contributed by atoms with Crippen molar-refractivity contribution in [3.05, 3.63) is 0 Å². The molecule has 0 amide bonds. The fourth-order valence-electron chi connectivity index (χ4n) is 4.54. The molecule has 0 aromatic heterocycles. The summed E-state index contributed by atoms with van der Waals surface area (Å²) in [5, 5.41) is 18.1. The van der Waals surface area contributed by atoms with E-state index >= 15 is 0 Å². The minimum atomic E-state index is 0.297. The van der Waals surface area contributed by atoms with E-state index in [-0.39, 0.29) is 0 Å². The van der Waals surface area contributed by atoms with Crippen molar-refractivity contribution in [2.24, 2.45) is 17.8 Å². The molecule has 2 heterocycles. The van der Waals surface area contributed by atoms with Gasteiger partial charge in [0.2, 0.25) is 0 Å². The van der Waals surface area contributed by atoms with E-state index in [1.807, 2.05) is 0 Å². The first-order chi connectivity index (χ1) is 10.3. The SMILES string of the molecule is CCC(C1CCN(CCO)CC1)C1CCN(CCO)CC1. The Balaban J connectivity index is 1.78. The molecule has 2 N–H and O–H groups in total. The van der Waals surface area contributed by atoms with Crippen molar-refractivity contribution in [2.75, 3.05) is 52.5 Å². The monoisotopic (exact) mass is 298 g/mol. The molecule has 0 saturated carbocycles. The highest BCUT2D eigenvalue weighted by Gasteiger charge is 2.32. The highest BCUT2D eigenvalue weighted by molar-refractivity contribution is 4.84. The summed E-state index contributed by atoms with van der Waals surface area (Å²) in [4.78, 5) is 4.82. The Labute approximate surface area is 130 Å². The second-order valence-corrected chi connectivity index (χ2v) is 6.88. The maximum atomic E-state index is 9.05. The normalized spacial score (nSPS) is 24.0. The van der Waals surface area contributed by atoms with E-state index in [2.05, 4.69) is 16.7 Å². The van der Waals surface area contributed by atoms with Gasteiger partial charge in [-0.15, -0.1) is 0 Å². The number of β-amino-alcohol motifs (C(OH)–C–C–N with tert-alkyl or cyclic N) is 2. The molecule has 0 aromatic carbocycles. The van der Waals surface area contributed by atoms with Gasteiger partial charge in [0, 0.05) is 13.1 Å². The van der Waals surface area contributed by atoms with E-state index in [0.29, 0.717) is 13.2 Å². The van der Waals surface area contributed by atoms with E-state index in [1.165, 1.54) is 58.3 Å². The maximum Gasteiger partial charge on any atom is 0.0558 e. The minimum Gasteiger partial charge on any atom is -0.395 e. The predicted octanol–water partition coefficient (Wildman–Crippen LogP) is 1.42. The first kappa shape index (κ1) is 17.2. The van der Waals surface area contributed by atoms with E-state index in [4.69, 9.17) is 10.2 Å². The molecule has 0 unspecified atom stereocenters. The number of rotatable bonds is 7. The molecule has 21 heavy (non-hydrogen) atoms. The van der Waals surface area contributed by atoms with Crippen LogP contribution in [0, 0.1) is 17.8 Å². The van der Waals surface area contributed by atoms with Crippen LogP contribution in [0.1, 0.15) is 39.0 Å².